The van der Waals surface area contributed by atoms with Crippen LogP contribution in [0.1, 0.15) is 5.56 Å². The molecule has 0 saturated heterocycles. The SMILES string of the molecule is N#Cc1cc(Br)ccc1Oc1cccc([N+](=O)[O-])c1. The van der Waals surface area contributed by atoms with Gasteiger partial charge in [0.25, 0.3) is 5.69 Å². The van der Waals surface area contributed by atoms with Crippen molar-refractivity contribution in [3.05, 3.63) is 62.6 Å². The van der Waals surface area contributed by atoms with Crippen LogP contribution in [-0.4, -0.2) is 4.92 Å². The van der Waals surface area contributed by atoms with Crippen molar-refractivity contribution in [1.82, 2.24) is 0 Å². The van der Waals surface area contributed by atoms with Crippen molar-refractivity contribution in [2.75, 3.05) is 0 Å². The maximum atomic E-state index is 10.7. The van der Waals surface area contributed by atoms with E-state index >= 15 is 0 Å². The summed E-state index contributed by atoms with van der Waals surface area (Å²) in [4.78, 5) is 10.2. The van der Waals surface area contributed by atoms with Crippen molar-refractivity contribution in [1.29, 1.82) is 5.26 Å². The van der Waals surface area contributed by atoms with Gasteiger partial charge >= 0.3 is 0 Å². The van der Waals surface area contributed by atoms with E-state index in [0.717, 1.165) is 4.47 Å². The van der Waals surface area contributed by atoms with Crippen LogP contribution in [0.4, 0.5) is 5.69 Å². The fourth-order valence-electron chi connectivity index (χ4n) is 1.47. The highest BCUT2D eigenvalue weighted by Gasteiger charge is 2.09. The molecule has 6 heteroatoms. The molecule has 0 heterocycles. The van der Waals surface area contributed by atoms with Gasteiger partial charge in [0.15, 0.2) is 0 Å². The van der Waals surface area contributed by atoms with Gasteiger partial charge in [0.1, 0.15) is 17.6 Å². The summed E-state index contributed by atoms with van der Waals surface area (Å²) in [6, 6.07) is 12.8. The molecule has 0 aliphatic carbocycles. The number of nitro groups is 1. The molecule has 0 radical (unpaired) electrons. The maximum Gasteiger partial charge on any atom is 0.273 e. The predicted molar refractivity (Wildman–Crippen MR) is 72.0 cm³/mol. The van der Waals surface area contributed by atoms with Crippen LogP contribution in [0, 0.1) is 21.4 Å². The summed E-state index contributed by atoms with van der Waals surface area (Å²) in [6.45, 7) is 0. The Balaban J connectivity index is 2.34. The van der Waals surface area contributed by atoms with Crippen LogP contribution in [0.2, 0.25) is 0 Å². The number of nitro benzene ring substituents is 1. The van der Waals surface area contributed by atoms with E-state index in [9.17, 15) is 10.1 Å². The number of hydrogen-bond donors (Lipinski definition) is 0. The summed E-state index contributed by atoms with van der Waals surface area (Å²) < 4.78 is 6.26. The number of nitriles is 1. The quantitative estimate of drug-likeness (QED) is 0.632. The lowest BCUT2D eigenvalue weighted by Gasteiger charge is -2.07. The Labute approximate surface area is 117 Å². The summed E-state index contributed by atoms with van der Waals surface area (Å²) in [5, 5.41) is 19.7. The fourth-order valence-corrected chi connectivity index (χ4v) is 1.83. The number of non-ortho nitro benzene ring substituents is 1. The summed E-state index contributed by atoms with van der Waals surface area (Å²) in [5.41, 5.74) is 0.286. The zero-order valence-corrected chi connectivity index (χ0v) is 11.1. The van der Waals surface area contributed by atoms with Gasteiger partial charge in [0.2, 0.25) is 0 Å². The van der Waals surface area contributed by atoms with Gasteiger partial charge in [-0.25, -0.2) is 0 Å². The number of hydrogen-bond acceptors (Lipinski definition) is 4. The second-order valence-electron chi connectivity index (χ2n) is 3.61. The molecule has 0 amide bonds. The number of halogens is 1. The van der Waals surface area contributed by atoms with Crippen LogP contribution >= 0.6 is 15.9 Å². The molecule has 0 atom stereocenters. The molecule has 94 valence electrons. The molecule has 0 aliphatic heterocycles. The van der Waals surface area contributed by atoms with Gasteiger partial charge in [-0.2, -0.15) is 5.26 Å². The third kappa shape index (κ3) is 3.09. The van der Waals surface area contributed by atoms with E-state index in [1.165, 1.54) is 18.2 Å². The van der Waals surface area contributed by atoms with Crippen LogP contribution in [0.3, 0.4) is 0 Å². The number of ether oxygens (including phenoxy) is 1. The number of benzene rings is 2. The number of rotatable bonds is 3. The average molecular weight is 319 g/mol. The first-order chi connectivity index (χ1) is 9.10. The highest BCUT2D eigenvalue weighted by molar-refractivity contribution is 9.10. The van der Waals surface area contributed by atoms with E-state index in [1.807, 2.05) is 6.07 Å². The molecule has 0 aliphatic rings. The molecular formula is C13H7BrN2O3. The van der Waals surface area contributed by atoms with Gasteiger partial charge in [-0.15, -0.1) is 0 Å². The Morgan fingerprint density at radius 1 is 1.26 bits per heavy atom. The first-order valence-electron chi connectivity index (χ1n) is 5.22. The fraction of sp³-hybridized carbons (Fsp3) is 0. The zero-order chi connectivity index (χ0) is 13.8. The van der Waals surface area contributed by atoms with Gasteiger partial charge in [-0.05, 0) is 24.3 Å². The molecule has 5 nitrogen and oxygen atoms in total. The minimum atomic E-state index is -0.500. The molecular weight excluding hydrogens is 312 g/mol. The highest BCUT2D eigenvalue weighted by Crippen LogP contribution is 2.29. The summed E-state index contributed by atoms with van der Waals surface area (Å²) in [6.07, 6.45) is 0. The Morgan fingerprint density at radius 2 is 2.05 bits per heavy atom. The van der Waals surface area contributed by atoms with E-state index in [2.05, 4.69) is 15.9 Å². The second-order valence-corrected chi connectivity index (χ2v) is 4.52. The third-order valence-electron chi connectivity index (χ3n) is 2.32. The summed E-state index contributed by atoms with van der Waals surface area (Å²) >= 11 is 3.26. The lowest BCUT2D eigenvalue weighted by atomic mass is 10.2. The smallest absolute Gasteiger partial charge is 0.273 e. The van der Waals surface area contributed by atoms with Crippen LogP contribution < -0.4 is 4.74 Å². The second kappa shape index (κ2) is 5.50. The maximum absolute atomic E-state index is 10.7. The van der Waals surface area contributed by atoms with E-state index in [0.29, 0.717) is 17.1 Å². The van der Waals surface area contributed by atoms with Crippen molar-refractivity contribution >= 4 is 21.6 Å². The molecule has 0 unspecified atom stereocenters. The van der Waals surface area contributed by atoms with Crippen molar-refractivity contribution in [3.8, 4) is 17.6 Å². The van der Waals surface area contributed by atoms with Gasteiger partial charge in [0.05, 0.1) is 16.6 Å². The van der Waals surface area contributed by atoms with Crippen LogP contribution in [0.5, 0.6) is 11.5 Å². The Hall–Kier alpha value is -2.39. The van der Waals surface area contributed by atoms with Crippen LogP contribution in [0.25, 0.3) is 0 Å². The monoisotopic (exact) mass is 318 g/mol. The topological polar surface area (TPSA) is 76.2 Å². The van der Waals surface area contributed by atoms with E-state index in [4.69, 9.17) is 10.00 Å². The molecule has 0 N–H and O–H groups in total. The molecule has 0 fully saturated rings. The van der Waals surface area contributed by atoms with Gasteiger partial charge in [0, 0.05) is 10.5 Å². The Bertz CT molecular complexity index is 680. The average Bonchev–Trinajstić information content (AvgIpc) is 2.41. The summed E-state index contributed by atoms with van der Waals surface area (Å²) in [7, 11) is 0. The minimum absolute atomic E-state index is 0.0619. The summed E-state index contributed by atoms with van der Waals surface area (Å²) in [5.74, 6) is 0.666. The largest absolute Gasteiger partial charge is 0.456 e. The highest BCUT2D eigenvalue weighted by atomic mass is 79.9. The molecule has 0 spiro atoms. The third-order valence-corrected chi connectivity index (χ3v) is 2.81. The standard InChI is InChI=1S/C13H7BrN2O3/c14-10-4-5-13(9(6-10)8-15)19-12-3-1-2-11(7-12)16(17)18/h1-7H. The first-order valence-corrected chi connectivity index (χ1v) is 6.01. The van der Waals surface area contributed by atoms with E-state index < -0.39 is 4.92 Å². The normalized spacial score (nSPS) is 9.68. The Morgan fingerprint density at radius 3 is 2.74 bits per heavy atom. The number of nitrogens with zero attached hydrogens (tertiary/aromatic N) is 2. The molecule has 19 heavy (non-hydrogen) atoms. The molecule has 2 aromatic carbocycles. The van der Waals surface area contributed by atoms with Gasteiger partial charge in [-0.3, -0.25) is 10.1 Å². The van der Waals surface area contributed by atoms with E-state index in [-0.39, 0.29) is 5.69 Å². The van der Waals surface area contributed by atoms with Crippen molar-refractivity contribution in [2.45, 2.75) is 0 Å². The zero-order valence-electron chi connectivity index (χ0n) is 9.54. The first kappa shape index (κ1) is 13.1. The minimum Gasteiger partial charge on any atom is -0.456 e. The van der Waals surface area contributed by atoms with Gasteiger partial charge in [-0.1, -0.05) is 22.0 Å². The molecule has 0 saturated carbocycles. The van der Waals surface area contributed by atoms with Crippen LogP contribution in [0.15, 0.2) is 46.9 Å². The van der Waals surface area contributed by atoms with Crippen molar-refractivity contribution < 1.29 is 9.66 Å². The van der Waals surface area contributed by atoms with E-state index in [1.54, 1.807) is 24.3 Å². The van der Waals surface area contributed by atoms with Gasteiger partial charge < -0.3 is 4.74 Å². The molecule has 2 rings (SSSR count). The Kier molecular flexibility index (Phi) is 3.78. The molecule has 2 aromatic rings. The molecule has 0 aromatic heterocycles. The predicted octanol–water partition coefficient (Wildman–Crippen LogP) is 4.02. The lowest BCUT2D eigenvalue weighted by molar-refractivity contribution is -0.384. The van der Waals surface area contributed by atoms with Crippen molar-refractivity contribution in [2.24, 2.45) is 0 Å². The van der Waals surface area contributed by atoms with Crippen LogP contribution in [-0.2, 0) is 0 Å². The lowest BCUT2D eigenvalue weighted by Crippen LogP contribution is -1.91. The van der Waals surface area contributed by atoms with Crippen molar-refractivity contribution in [3.63, 3.8) is 0 Å². The molecule has 0 bridgehead atoms.